The van der Waals surface area contributed by atoms with Crippen molar-refractivity contribution in [3.8, 4) is 6.07 Å². The van der Waals surface area contributed by atoms with Gasteiger partial charge in [-0.25, -0.2) is 8.78 Å². The zero-order valence-electron chi connectivity index (χ0n) is 18.3. The van der Waals surface area contributed by atoms with Crippen molar-refractivity contribution in [3.63, 3.8) is 0 Å². The van der Waals surface area contributed by atoms with Gasteiger partial charge in [0.15, 0.2) is 11.6 Å². The van der Waals surface area contributed by atoms with Crippen LogP contribution in [-0.2, 0) is 6.42 Å². The molecule has 1 aromatic rings. The van der Waals surface area contributed by atoms with Gasteiger partial charge in [0.25, 0.3) is 0 Å². The van der Waals surface area contributed by atoms with Gasteiger partial charge in [-0.1, -0.05) is 50.7 Å². The minimum Gasteiger partial charge on any atom is -0.204 e. The van der Waals surface area contributed by atoms with Crippen LogP contribution in [0.4, 0.5) is 8.78 Å². The number of allylic oxidation sites excluding steroid dienone is 2. The Hall–Kier alpha value is -1.69. The van der Waals surface area contributed by atoms with Gasteiger partial charge in [-0.05, 0) is 92.7 Å². The van der Waals surface area contributed by atoms with Gasteiger partial charge in [-0.3, -0.25) is 0 Å². The van der Waals surface area contributed by atoms with Crippen LogP contribution in [0.2, 0.25) is 0 Å². The molecule has 0 N–H and O–H groups in total. The first-order valence-electron chi connectivity index (χ1n) is 12.1. The second-order valence-electron chi connectivity index (χ2n) is 9.66. The number of hydrogen-bond donors (Lipinski definition) is 0. The van der Waals surface area contributed by atoms with E-state index in [1.54, 1.807) is 12.1 Å². The average molecular weight is 414 g/mol. The summed E-state index contributed by atoms with van der Waals surface area (Å²) in [4.78, 5) is 0. The molecule has 0 heterocycles. The predicted molar refractivity (Wildman–Crippen MR) is 119 cm³/mol. The molecule has 0 spiro atoms. The molecule has 3 rings (SSSR count). The summed E-state index contributed by atoms with van der Waals surface area (Å²) >= 11 is 0. The van der Waals surface area contributed by atoms with Crippen LogP contribution in [0.3, 0.4) is 0 Å². The largest absolute Gasteiger partial charge is 0.204 e. The lowest BCUT2D eigenvalue weighted by atomic mass is 9.68. The van der Waals surface area contributed by atoms with E-state index in [4.69, 9.17) is 5.26 Å². The van der Waals surface area contributed by atoms with Crippen LogP contribution in [0.15, 0.2) is 30.4 Å². The summed E-state index contributed by atoms with van der Waals surface area (Å²) in [6.45, 7) is 0. The smallest absolute Gasteiger partial charge is 0.159 e. The van der Waals surface area contributed by atoms with Gasteiger partial charge in [0.2, 0.25) is 0 Å². The van der Waals surface area contributed by atoms with Crippen molar-refractivity contribution >= 4 is 0 Å². The van der Waals surface area contributed by atoms with E-state index in [9.17, 15) is 8.78 Å². The topological polar surface area (TPSA) is 23.8 Å². The molecular weight excluding hydrogens is 376 g/mol. The standard InChI is InChI=1S/C27H37F2N/c28-26-18-13-23(20-27(26)29)8-4-3-7-22-11-16-25(17-12-22)24-14-9-21(10-15-24)6-2-1-5-19-30/h1,5,13,18,20-22,24-25H,2-4,6-12,14-17H2. The predicted octanol–water partition coefficient (Wildman–Crippen LogP) is 8.15. The number of benzene rings is 1. The zero-order valence-corrected chi connectivity index (χ0v) is 18.3. The Labute approximate surface area is 181 Å². The van der Waals surface area contributed by atoms with Gasteiger partial charge in [-0.2, -0.15) is 5.26 Å². The number of nitrogens with zero attached hydrogens (tertiary/aromatic N) is 1. The highest BCUT2D eigenvalue weighted by Gasteiger charge is 2.30. The average Bonchev–Trinajstić information content (AvgIpc) is 2.78. The van der Waals surface area contributed by atoms with E-state index in [-0.39, 0.29) is 0 Å². The van der Waals surface area contributed by atoms with Crippen LogP contribution in [0, 0.1) is 46.6 Å². The molecule has 30 heavy (non-hydrogen) atoms. The molecule has 0 aromatic heterocycles. The van der Waals surface area contributed by atoms with E-state index in [0.717, 1.165) is 48.5 Å². The van der Waals surface area contributed by atoms with Gasteiger partial charge in [0.1, 0.15) is 0 Å². The Balaban J connectivity index is 1.27. The SMILES string of the molecule is N#CC=CCCC1CCC(C2CCC(CCCCc3ccc(F)c(F)c3)CC2)CC1. The van der Waals surface area contributed by atoms with Crippen LogP contribution in [0.5, 0.6) is 0 Å². The number of aryl methyl sites for hydroxylation is 1. The molecule has 0 radical (unpaired) electrons. The van der Waals surface area contributed by atoms with Gasteiger partial charge < -0.3 is 0 Å². The minimum atomic E-state index is -0.753. The summed E-state index contributed by atoms with van der Waals surface area (Å²) in [6, 6.07) is 6.38. The van der Waals surface area contributed by atoms with Crippen molar-refractivity contribution in [1.82, 2.24) is 0 Å². The molecule has 0 unspecified atom stereocenters. The molecule has 1 nitrogen and oxygen atoms in total. The lowest BCUT2D eigenvalue weighted by molar-refractivity contribution is 0.140. The monoisotopic (exact) mass is 413 g/mol. The Morgan fingerprint density at radius 3 is 2.07 bits per heavy atom. The molecule has 0 aliphatic heterocycles. The second-order valence-corrected chi connectivity index (χ2v) is 9.66. The van der Waals surface area contributed by atoms with Gasteiger partial charge in [-0.15, -0.1) is 0 Å². The maximum atomic E-state index is 13.3. The van der Waals surface area contributed by atoms with E-state index >= 15 is 0 Å². The summed E-state index contributed by atoms with van der Waals surface area (Å²) in [7, 11) is 0. The zero-order chi connectivity index (χ0) is 21.2. The molecule has 0 saturated heterocycles. The van der Waals surface area contributed by atoms with Gasteiger partial charge >= 0.3 is 0 Å². The molecule has 0 amide bonds. The first kappa shape index (κ1) is 23.0. The molecule has 164 valence electrons. The fourth-order valence-electron chi connectivity index (χ4n) is 5.82. The highest BCUT2D eigenvalue weighted by Crippen LogP contribution is 2.43. The Kier molecular flexibility index (Phi) is 9.37. The summed E-state index contributed by atoms with van der Waals surface area (Å²) in [5.74, 6) is 2.16. The van der Waals surface area contributed by atoms with Crippen molar-refractivity contribution in [2.45, 2.75) is 89.9 Å². The maximum absolute atomic E-state index is 13.3. The Morgan fingerprint density at radius 2 is 1.47 bits per heavy atom. The van der Waals surface area contributed by atoms with Crippen molar-refractivity contribution < 1.29 is 8.78 Å². The number of unbranched alkanes of at least 4 members (excludes halogenated alkanes) is 1. The van der Waals surface area contributed by atoms with Crippen molar-refractivity contribution in [3.05, 3.63) is 47.5 Å². The summed E-state index contributed by atoms with van der Waals surface area (Å²) in [6.07, 6.45) is 21.5. The van der Waals surface area contributed by atoms with Gasteiger partial charge in [0, 0.05) is 6.08 Å². The lowest BCUT2D eigenvalue weighted by Gasteiger charge is -2.38. The third-order valence-electron chi connectivity index (χ3n) is 7.70. The molecule has 3 heteroatoms. The highest BCUT2D eigenvalue weighted by atomic mass is 19.2. The van der Waals surface area contributed by atoms with E-state index in [1.807, 2.05) is 6.08 Å². The van der Waals surface area contributed by atoms with E-state index in [1.165, 1.54) is 82.8 Å². The van der Waals surface area contributed by atoms with E-state index in [2.05, 4.69) is 6.07 Å². The molecular formula is C27H37F2N. The quantitative estimate of drug-likeness (QED) is 0.296. The van der Waals surface area contributed by atoms with Gasteiger partial charge in [0.05, 0.1) is 6.07 Å². The van der Waals surface area contributed by atoms with Crippen molar-refractivity contribution in [2.24, 2.45) is 23.7 Å². The number of rotatable bonds is 9. The normalized spacial score (nSPS) is 27.2. The molecule has 0 bridgehead atoms. The van der Waals surface area contributed by atoms with Crippen LogP contribution in [0.1, 0.15) is 89.0 Å². The number of nitriles is 1. The van der Waals surface area contributed by atoms with Crippen molar-refractivity contribution in [2.75, 3.05) is 0 Å². The van der Waals surface area contributed by atoms with Crippen LogP contribution < -0.4 is 0 Å². The molecule has 0 atom stereocenters. The highest BCUT2D eigenvalue weighted by molar-refractivity contribution is 5.17. The fourth-order valence-corrected chi connectivity index (χ4v) is 5.82. The summed E-state index contributed by atoms with van der Waals surface area (Å²) in [5, 5.41) is 8.57. The first-order valence-corrected chi connectivity index (χ1v) is 12.1. The van der Waals surface area contributed by atoms with Crippen LogP contribution in [0.25, 0.3) is 0 Å². The van der Waals surface area contributed by atoms with Crippen LogP contribution >= 0.6 is 0 Å². The fraction of sp³-hybridized carbons (Fsp3) is 0.667. The van der Waals surface area contributed by atoms with E-state index < -0.39 is 11.6 Å². The molecule has 2 fully saturated rings. The number of halogens is 2. The van der Waals surface area contributed by atoms with Crippen molar-refractivity contribution in [1.29, 1.82) is 5.26 Å². The molecule has 1 aromatic carbocycles. The third kappa shape index (κ3) is 7.22. The number of hydrogen-bond acceptors (Lipinski definition) is 1. The second kappa shape index (κ2) is 12.2. The Bertz CT molecular complexity index is 704. The van der Waals surface area contributed by atoms with Crippen LogP contribution in [-0.4, -0.2) is 0 Å². The maximum Gasteiger partial charge on any atom is 0.159 e. The Morgan fingerprint density at radius 1 is 0.833 bits per heavy atom. The minimum absolute atomic E-state index is 0.726. The summed E-state index contributed by atoms with van der Waals surface area (Å²) < 4.78 is 26.3. The van der Waals surface area contributed by atoms with E-state index in [0.29, 0.717) is 0 Å². The third-order valence-corrected chi connectivity index (χ3v) is 7.70. The molecule has 2 aliphatic rings. The first-order chi connectivity index (χ1) is 14.7. The molecule has 2 saturated carbocycles. The lowest BCUT2D eigenvalue weighted by Crippen LogP contribution is -2.25. The molecule has 2 aliphatic carbocycles. The summed E-state index contributed by atoms with van der Waals surface area (Å²) in [5.41, 5.74) is 0.911.